The standard InChI is InChI=1S/C16H16F3N3O3/c1-24-22(13(23)8-10-2-3-10)9-11-4-6-12(7-5-11)14-20-15(25-21-14)16(17,18)19/h4-7,10H,2-3,8-9H2,1H3. The molecule has 25 heavy (non-hydrogen) atoms. The summed E-state index contributed by atoms with van der Waals surface area (Å²) in [5.41, 5.74) is 1.16. The first-order valence-corrected chi connectivity index (χ1v) is 7.71. The molecule has 0 aliphatic heterocycles. The van der Waals surface area contributed by atoms with Crippen LogP contribution in [0.4, 0.5) is 13.2 Å². The lowest BCUT2D eigenvalue weighted by atomic mass is 10.1. The summed E-state index contributed by atoms with van der Waals surface area (Å²) in [7, 11) is 1.43. The van der Waals surface area contributed by atoms with Gasteiger partial charge in [0.2, 0.25) is 11.7 Å². The number of amides is 1. The van der Waals surface area contributed by atoms with Gasteiger partial charge in [0, 0.05) is 12.0 Å². The average Bonchev–Trinajstić information content (AvgIpc) is 3.23. The molecule has 1 aliphatic carbocycles. The van der Waals surface area contributed by atoms with Crippen molar-refractivity contribution < 1.29 is 27.3 Å². The highest BCUT2D eigenvalue weighted by atomic mass is 19.4. The van der Waals surface area contributed by atoms with Crippen molar-refractivity contribution in [2.45, 2.75) is 32.0 Å². The molecule has 0 radical (unpaired) electrons. The molecule has 0 saturated heterocycles. The molecule has 1 aromatic carbocycles. The molecule has 1 aromatic heterocycles. The molecule has 134 valence electrons. The molecule has 1 amide bonds. The number of hydrogen-bond donors (Lipinski definition) is 0. The topological polar surface area (TPSA) is 68.5 Å². The fraction of sp³-hybridized carbons (Fsp3) is 0.438. The van der Waals surface area contributed by atoms with E-state index in [2.05, 4.69) is 14.7 Å². The lowest BCUT2D eigenvalue weighted by Gasteiger charge is -2.19. The van der Waals surface area contributed by atoms with Crippen molar-refractivity contribution in [2.24, 2.45) is 5.92 Å². The maximum Gasteiger partial charge on any atom is 0.471 e. The molecule has 1 fully saturated rings. The Kier molecular flexibility index (Phi) is 4.76. The van der Waals surface area contributed by atoms with Gasteiger partial charge in [0.1, 0.15) is 0 Å². The van der Waals surface area contributed by atoms with E-state index in [0.29, 0.717) is 17.9 Å². The zero-order valence-electron chi connectivity index (χ0n) is 13.4. The third-order valence-electron chi connectivity index (χ3n) is 3.87. The summed E-state index contributed by atoms with van der Waals surface area (Å²) in [6.45, 7) is 0.252. The van der Waals surface area contributed by atoms with Gasteiger partial charge in [-0.3, -0.25) is 9.63 Å². The smallest absolute Gasteiger partial charge is 0.329 e. The third kappa shape index (κ3) is 4.36. The second kappa shape index (κ2) is 6.83. The molecule has 3 rings (SSSR count). The normalized spacial score (nSPS) is 14.6. The summed E-state index contributed by atoms with van der Waals surface area (Å²) in [5, 5.41) is 4.61. The van der Waals surface area contributed by atoms with Crippen LogP contribution in [0.3, 0.4) is 0 Å². The van der Waals surface area contributed by atoms with Crippen LogP contribution < -0.4 is 0 Å². The molecule has 6 nitrogen and oxygen atoms in total. The van der Waals surface area contributed by atoms with E-state index in [1.807, 2.05) is 0 Å². The van der Waals surface area contributed by atoms with Crippen molar-refractivity contribution >= 4 is 5.91 Å². The highest BCUT2D eigenvalue weighted by molar-refractivity contribution is 5.75. The fourth-order valence-corrected chi connectivity index (χ4v) is 2.31. The number of hydrogen-bond acceptors (Lipinski definition) is 5. The first-order chi connectivity index (χ1) is 11.9. The summed E-state index contributed by atoms with van der Waals surface area (Å²) >= 11 is 0. The largest absolute Gasteiger partial charge is 0.471 e. The van der Waals surface area contributed by atoms with Gasteiger partial charge in [-0.25, -0.2) is 5.06 Å². The van der Waals surface area contributed by atoms with Gasteiger partial charge >= 0.3 is 12.1 Å². The molecular formula is C16H16F3N3O3. The van der Waals surface area contributed by atoms with Crippen LogP contribution in [-0.4, -0.2) is 28.2 Å². The minimum absolute atomic E-state index is 0.0814. The van der Waals surface area contributed by atoms with E-state index < -0.39 is 12.1 Å². The lowest BCUT2D eigenvalue weighted by Crippen LogP contribution is -2.29. The van der Waals surface area contributed by atoms with Crippen LogP contribution in [0.15, 0.2) is 28.8 Å². The van der Waals surface area contributed by atoms with Crippen molar-refractivity contribution in [1.29, 1.82) is 0 Å². The number of benzene rings is 1. The number of hydroxylamine groups is 2. The highest BCUT2D eigenvalue weighted by Crippen LogP contribution is 2.33. The van der Waals surface area contributed by atoms with Crippen molar-refractivity contribution in [1.82, 2.24) is 15.2 Å². The maximum atomic E-state index is 12.5. The highest BCUT2D eigenvalue weighted by Gasteiger charge is 2.38. The quantitative estimate of drug-likeness (QED) is 0.743. The molecule has 1 saturated carbocycles. The number of nitrogens with zero attached hydrogens (tertiary/aromatic N) is 3. The lowest BCUT2D eigenvalue weighted by molar-refractivity contribution is -0.179. The third-order valence-corrected chi connectivity index (χ3v) is 3.87. The van der Waals surface area contributed by atoms with Gasteiger partial charge in [0.15, 0.2) is 0 Å². The van der Waals surface area contributed by atoms with Crippen LogP contribution in [0.2, 0.25) is 0 Å². The molecule has 0 atom stereocenters. The monoisotopic (exact) mass is 355 g/mol. The zero-order chi connectivity index (χ0) is 18.0. The van der Waals surface area contributed by atoms with E-state index in [9.17, 15) is 18.0 Å². The van der Waals surface area contributed by atoms with E-state index >= 15 is 0 Å². The van der Waals surface area contributed by atoms with Crippen LogP contribution in [-0.2, 0) is 22.4 Å². The summed E-state index contributed by atoms with van der Waals surface area (Å²) in [5.74, 6) is -1.16. The number of alkyl halides is 3. The molecule has 1 aliphatic rings. The van der Waals surface area contributed by atoms with Crippen LogP contribution in [0.1, 0.15) is 30.7 Å². The van der Waals surface area contributed by atoms with E-state index in [1.165, 1.54) is 12.2 Å². The molecule has 0 N–H and O–H groups in total. The first kappa shape index (κ1) is 17.4. The Hall–Kier alpha value is -2.42. The van der Waals surface area contributed by atoms with Gasteiger partial charge in [0.25, 0.3) is 0 Å². The number of halogens is 3. The molecule has 2 aromatic rings. The molecule has 9 heteroatoms. The number of carbonyl (C=O) groups is 1. The van der Waals surface area contributed by atoms with Gasteiger partial charge in [-0.1, -0.05) is 29.4 Å². The molecule has 1 heterocycles. The molecule has 0 spiro atoms. The van der Waals surface area contributed by atoms with Crippen molar-refractivity contribution in [3.63, 3.8) is 0 Å². The number of aromatic nitrogens is 2. The fourth-order valence-electron chi connectivity index (χ4n) is 2.31. The van der Waals surface area contributed by atoms with Crippen LogP contribution >= 0.6 is 0 Å². The minimum Gasteiger partial charge on any atom is -0.329 e. The van der Waals surface area contributed by atoms with Crippen LogP contribution in [0.5, 0.6) is 0 Å². The Balaban J connectivity index is 1.67. The molecule has 0 unspecified atom stereocenters. The Morgan fingerprint density at radius 2 is 2.00 bits per heavy atom. The van der Waals surface area contributed by atoms with E-state index in [-0.39, 0.29) is 18.3 Å². The zero-order valence-corrected chi connectivity index (χ0v) is 13.4. The van der Waals surface area contributed by atoms with Crippen LogP contribution in [0, 0.1) is 5.92 Å². The van der Waals surface area contributed by atoms with E-state index in [0.717, 1.165) is 18.4 Å². The van der Waals surface area contributed by atoms with E-state index in [4.69, 9.17) is 4.84 Å². The SMILES string of the molecule is CON(Cc1ccc(-c2noc(C(F)(F)F)n2)cc1)C(=O)CC1CC1. The second-order valence-corrected chi connectivity index (χ2v) is 5.88. The van der Waals surface area contributed by atoms with Gasteiger partial charge in [-0.05, 0) is 24.3 Å². The Morgan fingerprint density at radius 1 is 1.32 bits per heavy atom. The van der Waals surface area contributed by atoms with Gasteiger partial charge in [-0.15, -0.1) is 0 Å². The summed E-state index contributed by atoms with van der Waals surface area (Å²) in [6.07, 6.45) is -2.06. The van der Waals surface area contributed by atoms with Gasteiger partial charge in [0.05, 0.1) is 13.7 Å². The Bertz CT molecular complexity index is 739. The van der Waals surface area contributed by atoms with Crippen molar-refractivity contribution in [2.75, 3.05) is 7.11 Å². The van der Waals surface area contributed by atoms with Gasteiger partial charge in [-0.2, -0.15) is 18.2 Å². The first-order valence-electron chi connectivity index (χ1n) is 7.71. The maximum absolute atomic E-state index is 12.5. The predicted octanol–water partition coefficient (Wildman–Crippen LogP) is 3.45. The summed E-state index contributed by atoms with van der Waals surface area (Å²) in [4.78, 5) is 20.5. The molecule has 0 bridgehead atoms. The van der Waals surface area contributed by atoms with E-state index in [1.54, 1.807) is 24.3 Å². The number of carbonyl (C=O) groups excluding carboxylic acids is 1. The summed E-state index contributed by atoms with van der Waals surface area (Å²) < 4.78 is 41.7. The average molecular weight is 355 g/mol. The number of rotatable bonds is 6. The Labute approximate surface area is 141 Å². The second-order valence-electron chi connectivity index (χ2n) is 5.88. The van der Waals surface area contributed by atoms with Crippen molar-refractivity contribution in [3.05, 3.63) is 35.7 Å². The molecular weight excluding hydrogens is 339 g/mol. The predicted molar refractivity (Wildman–Crippen MR) is 79.6 cm³/mol. The van der Waals surface area contributed by atoms with Crippen molar-refractivity contribution in [3.8, 4) is 11.4 Å². The van der Waals surface area contributed by atoms with Gasteiger partial charge < -0.3 is 4.52 Å². The summed E-state index contributed by atoms with van der Waals surface area (Å²) in [6, 6.07) is 6.49. The minimum atomic E-state index is -4.67. The van der Waals surface area contributed by atoms with Crippen LogP contribution in [0.25, 0.3) is 11.4 Å². The Morgan fingerprint density at radius 3 is 2.52 bits per heavy atom.